The number of nitrogens with zero attached hydrogens (tertiary/aromatic N) is 5. The molecule has 8 nitrogen and oxygen atoms in total. The van der Waals surface area contributed by atoms with Crippen molar-refractivity contribution in [1.82, 2.24) is 19.9 Å². The Hall–Kier alpha value is -2.93. The van der Waals surface area contributed by atoms with Crippen LogP contribution in [0.2, 0.25) is 0 Å². The van der Waals surface area contributed by atoms with Gasteiger partial charge in [-0.1, -0.05) is 20.3 Å². The normalized spacial score (nSPS) is 20.4. The molecule has 0 bridgehead atoms. The third kappa shape index (κ3) is 5.85. The molecular weight excluding hydrogens is 418 g/mol. The number of ether oxygens (including phenoxy) is 1. The van der Waals surface area contributed by atoms with Crippen LogP contribution < -0.4 is 10.1 Å². The maximum Gasteiger partial charge on any atom is 0.278 e. The summed E-state index contributed by atoms with van der Waals surface area (Å²) < 4.78 is 31.4. The van der Waals surface area contributed by atoms with Crippen LogP contribution in [-0.2, 0) is 13.0 Å². The fourth-order valence-corrected chi connectivity index (χ4v) is 3.89. The van der Waals surface area contributed by atoms with Crippen molar-refractivity contribution in [3.8, 4) is 11.9 Å². The first-order valence-corrected chi connectivity index (χ1v) is 10.6. The van der Waals surface area contributed by atoms with Gasteiger partial charge in [-0.3, -0.25) is 0 Å². The molecule has 0 aromatic carbocycles. The SMILES string of the molecule is CC(F)(F)COc1ncncc1CNc1ncc(C#N)c(C[C@@H]2CCC[C@@H](O)C2(C)C)n1. The number of alkyl halides is 2. The van der Waals surface area contributed by atoms with Crippen molar-refractivity contribution >= 4 is 5.95 Å². The lowest BCUT2D eigenvalue weighted by atomic mass is 9.65. The van der Waals surface area contributed by atoms with E-state index >= 15 is 0 Å². The molecule has 2 heterocycles. The molecule has 0 aliphatic heterocycles. The summed E-state index contributed by atoms with van der Waals surface area (Å²) in [5.41, 5.74) is 1.20. The summed E-state index contributed by atoms with van der Waals surface area (Å²) in [6, 6.07) is 2.14. The van der Waals surface area contributed by atoms with Crippen molar-refractivity contribution in [2.24, 2.45) is 11.3 Å². The molecule has 3 rings (SSSR count). The van der Waals surface area contributed by atoms with Crippen molar-refractivity contribution in [3.05, 3.63) is 35.5 Å². The zero-order valence-electron chi connectivity index (χ0n) is 18.5. The van der Waals surface area contributed by atoms with Crippen LogP contribution in [0.25, 0.3) is 0 Å². The van der Waals surface area contributed by atoms with Crippen LogP contribution in [0.4, 0.5) is 14.7 Å². The van der Waals surface area contributed by atoms with Crippen molar-refractivity contribution in [2.45, 2.75) is 65.0 Å². The first-order chi connectivity index (χ1) is 15.1. The molecule has 2 aromatic heterocycles. The van der Waals surface area contributed by atoms with E-state index in [4.69, 9.17) is 4.74 Å². The Labute approximate surface area is 186 Å². The Morgan fingerprint density at radius 3 is 2.81 bits per heavy atom. The summed E-state index contributed by atoms with van der Waals surface area (Å²) >= 11 is 0. The summed E-state index contributed by atoms with van der Waals surface area (Å²) in [5, 5.41) is 22.9. The lowest BCUT2D eigenvalue weighted by Crippen LogP contribution is -2.41. The number of aromatic nitrogens is 4. The molecule has 0 radical (unpaired) electrons. The topological polar surface area (TPSA) is 117 Å². The zero-order chi connectivity index (χ0) is 23.4. The third-order valence-electron chi connectivity index (χ3n) is 6.02. The minimum Gasteiger partial charge on any atom is -0.471 e. The fraction of sp³-hybridized carbons (Fsp3) is 0.591. The summed E-state index contributed by atoms with van der Waals surface area (Å²) in [5.74, 6) is -2.45. The maximum atomic E-state index is 13.1. The van der Waals surface area contributed by atoms with E-state index in [1.54, 1.807) is 0 Å². The van der Waals surface area contributed by atoms with Crippen LogP contribution in [-0.4, -0.2) is 43.7 Å². The molecular formula is C22H28F2N6O2. The molecule has 0 amide bonds. The Kier molecular flexibility index (Phi) is 7.19. The van der Waals surface area contributed by atoms with Gasteiger partial charge in [-0.2, -0.15) is 5.26 Å². The second kappa shape index (κ2) is 9.69. The van der Waals surface area contributed by atoms with E-state index in [-0.39, 0.29) is 23.8 Å². The van der Waals surface area contributed by atoms with Gasteiger partial charge >= 0.3 is 0 Å². The van der Waals surface area contributed by atoms with E-state index in [1.165, 1.54) is 18.7 Å². The molecule has 1 fully saturated rings. The molecule has 1 aliphatic carbocycles. The van der Waals surface area contributed by atoms with Crippen LogP contribution >= 0.6 is 0 Å². The monoisotopic (exact) mass is 446 g/mol. The number of aliphatic hydroxyl groups excluding tert-OH is 1. The Balaban J connectivity index is 1.74. The smallest absolute Gasteiger partial charge is 0.278 e. The van der Waals surface area contributed by atoms with Crippen molar-refractivity contribution < 1.29 is 18.6 Å². The predicted octanol–water partition coefficient (Wildman–Crippen LogP) is 3.51. The van der Waals surface area contributed by atoms with Crippen LogP contribution in [0.1, 0.15) is 56.9 Å². The average molecular weight is 447 g/mol. The molecule has 1 aliphatic rings. The van der Waals surface area contributed by atoms with E-state index in [1.807, 2.05) is 13.8 Å². The van der Waals surface area contributed by atoms with E-state index in [2.05, 4.69) is 31.3 Å². The van der Waals surface area contributed by atoms with Gasteiger partial charge in [0.15, 0.2) is 6.61 Å². The van der Waals surface area contributed by atoms with Gasteiger partial charge in [-0.05, 0) is 30.6 Å². The highest BCUT2D eigenvalue weighted by atomic mass is 19.3. The number of nitrogens with one attached hydrogen (secondary N) is 1. The highest BCUT2D eigenvalue weighted by Crippen LogP contribution is 2.42. The van der Waals surface area contributed by atoms with E-state index in [9.17, 15) is 19.1 Å². The molecule has 0 unspecified atom stereocenters. The molecule has 172 valence electrons. The van der Waals surface area contributed by atoms with Gasteiger partial charge in [0.2, 0.25) is 11.8 Å². The van der Waals surface area contributed by atoms with Crippen molar-refractivity contribution in [1.29, 1.82) is 5.26 Å². The van der Waals surface area contributed by atoms with E-state index in [0.29, 0.717) is 29.2 Å². The van der Waals surface area contributed by atoms with Gasteiger partial charge in [0.05, 0.1) is 29.1 Å². The second-order valence-corrected chi connectivity index (χ2v) is 8.90. The standard InChI is InChI=1S/C22H28F2N6O2/c1-21(2)16(5-4-6-18(21)31)7-17-14(8-25)10-27-20(30-17)28-11-15-9-26-13-29-19(15)32-12-22(3,23)24/h9-10,13,16,18,31H,4-7,11-12H2,1-3H3,(H,27,28,30)/t16-,18+/m0/s1. The van der Waals surface area contributed by atoms with E-state index < -0.39 is 18.6 Å². The van der Waals surface area contributed by atoms with Crippen LogP contribution in [0.3, 0.4) is 0 Å². The first-order valence-electron chi connectivity index (χ1n) is 10.6. The van der Waals surface area contributed by atoms with Crippen molar-refractivity contribution in [3.63, 3.8) is 0 Å². The van der Waals surface area contributed by atoms with Gasteiger partial charge in [0.1, 0.15) is 12.4 Å². The maximum absolute atomic E-state index is 13.1. The molecule has 0 saturated heterocycles. The Morgan fingerprint density at radius 1 is 1.31 bits per heavy atom. The second-order valence-electron chi connectivity index (χ2n) is 8.90. The summed E-state index contributed by atoms with van der Waals surface area (Å²) in [6.45, 7) is 4.22. The Bertz CT molecular complexity index is 974. The quantitative estimate of drug-likeness (QED) is 0.633. The van der Waals surface area contributed by atoms with Crippen LogP contribution in [0.15, 0.2) is 18.7 Å². The number of hydrogen-bond donors (Lipinski definition) is 2. The van der Waals surface area contributed by atoms with Crippen molar-refractivity contribution in [2.75, 3.05) is 11.9 Å². The number of anilines is 1. The number of nitriles is 1. The number of halogens is 2. The minimum absolute atomic E-state index is 0.0563. The summed E-state index contributed by atoms with van der Waals surface area (Å²) in [6.07, 6.45) is 6.98. The molecule has 0 spiro atoms. The Morgan fingerprint density at radius 2 is 2.09 bits per heavy atom. The summed E-state index contributed by atoms with van der Waals surface area (Å²) in [7, 11) is 0. The molecule has 32 heavy (non-hydrogen) atoms. The molecule has 10 heteroatoms. The van der Waals surface area contributed by atoms with Gasteiger partial charge in [0, 0.05) is 19.7 Å². The largest absolute Gasteiger partial charge is 0.471 e. The highest BCUT2D eigenvalue weighted by molar-refractivity contribution is 5.38. The average Bonchev–Trinajstić information content (AvgIpc) is 2.74. The number of hydrogen-bond acceptors (Lipinski definition) is 8. The summed E-state index contributed by atoms with van der Waals surface area (Å²) in [4.78, 5) is 16.6. The van der Waals surface area contributed by atoms with Gasteiger partial charge in [-0.15, -0.1) is 0 Å². The molecule has 2 atom stereocenters. The zero-order valence-corrected chi connectivity index (χ0v) is 18.5. The third-order valence-corrected chi connectivity index (χ3v) is 6.02. The van der Waals surface area contributed by atoms with Gasteiger partial charge < -0.3 is 15.2 Å². The van der Waals surface area contributed by atoms with Gasteiger partial charge in [-0.25, -0.2) is 28.7 Å². The van der Waals surface area contributed by atoms with Crippen LogP contribution in [0.5, 0.6) is 5.88 Å². The lowest BCUT2D eigenvalue weighted by molar-refractivity contribution is -0.0295. The van der Waals surface area contributed by atoms with E-state index in [0.717, 1.165) is 26.2 Å². The minimum atomic E-state index is -2.98. The first kappa shape index (κ1) is 23.7. The fourth-order valence-electron chi connectivity index (χ4n) is 3.89. The number of aliphatic hydroxyl groups is 1. The predicted molar refractivity (Wildman–Crippen MR) is 113 cm³/mol. The molecule has 1 saturated carbocycles. The molecule has 2 aromatic rings. The van der Waals surface area contributed by atoms with Crippen LogP contribution in [0, 0.1) is 22.7 Å². The lowest BCUT2D eigenvalue weighted by Gasteiger charge is -2.42. The highest BCUT2D eigenvalue weighted by Gasteiger charge is 2.39. The number of rotatable bonds is 8. The van der Waals surface area contributed by atoms with Gasteiger partial charge in [0.25, 0.3) is 5.92 Å². The molecule has 2 N–H and O–H groups in total.